The highest BCUT2D eigenvalue weighted by molar-refractivity contribution is 9.10. The van der Waals surface area contributed by atoms with Gasteiger partial charge in [-0.25, -0.2) is 15.8 Å². The van der Waals surface area contributed by atoms with Crippen LogP contribution >= 0.6 is 15.9 Å². The van der Waals surface area contributed by atoms with Crippen LogP contribution in [0.25, 0.3) is 0 Å². The highest BCUT2D eigenvalue weighted by Gasteiger charge is 2.08. The summed E-state index contributed by atoms with van der Waals surface area (Å²) in [6.45, 7) is 5.29. The number of nitrogens with two attached hydrogens (primary N) is 1. The van der Waals surface area contributed by atoms with Crippen molar-refractivity contribution in [3.8, 4) is 0 Å². The van der Waals surface area contributed by atoms with Crippen molar-refractivity contribution in [3.05, 3.63) is 10.8 Å². The van der Waals surface area contributed by atoms with Gasteiger partial charge in [0.05, 0.1) is 0 Å². The van der Waals surface area contributed by atoms with Gasteiger partial charge in [-0.2, -0.15) is 0 Å². The molecular formula is C11H19BrN6O. The number of rotatable bonds is 7. The van der Waals surface area contributed by atoms with Crippen LogP contribution in [0.4, 0.5) is 11.6 Å². The van der Waals surface area contributed by atoms with Gasteiger partial charge in [0.15, 0.2) is 5.82 Å². The Balaban J connectivity index is 2.39. The summed E-state index contributed by atoms with van der Waals surface area (Å²) in [5.74, 6) is 6.85. The Morgan fingerprint density at radius 1 is 1.42 bits per heavy atom. The number of nitrogens with zero attached hydrogens (tertiary/aromatic N) is 2. The van der Waals surface area contributed by atoms with E-state index in [4.69, 9.17) is 5.84 Å². The predicted octanol–water partition coefficient (Wildman–Crippen LogP) is 1.10. The molecule has 7 nitrogen and oxygen atoms in total. The first-order chi connectivity index (χ1) is 9.04. The van der Waals surface area contributed by atoms with E-state index in [-0.39, 0.29) is 5.91 Å². The summed E-state index contributed by atoms with van der Waals surface area (Å²) in [7, 11) is 0. The lowest BCUT2D eigenvalue weighted by Crippen LogP contribution is -2.28. The lowest BCUT2D eigenvalue weighted by atomic mass is 10.2. The van der Waals surface area contributed by atoms with Gasteiger partial charge in [0.1, 0.15) is 16.6 Å². The van der Waals surface area contributed by atoms with Crippen molar-refractivity contribution in [2.45, 2.75) is 20.3 Å². The van der Waals surface area contributed by atoms with Crippen LogP contribution in [0, 0.1) is 5.92 Å². The molecule has 5 N–H and O–H groups in total. The van der Waals surface area contributed by atoms with Crippen LogP contribution in [0.15, 0.2) is 10.8 Å². The lowest BCUT2D eigenvalue weighted by molar-refractivity contribution is -0.120. The summed E-state index contributed by atoms with van der Waals surface area (Å²) in [5, 5.41) is 5.90. The van der Waals surface area contributed by atoms with E-state index in [1.807, 2.05) is 0 Å². The quantitative estimate of drug-likeness (QED) is 0.440. The first-order valence-electron chi connectivity index (χ1n) is 6.02. The van der Waals surface area contributed by atoms with Crippen molar-refractivity contribution in [3.63, 3.8) is 0 Å². The third-order valence-electron chi connectivity index (χ3n) is 2.28. The molecule has 0 aliphatic heterocycles. The molecule has 0 spiro atoms. The third kappa shape index (κ3) is 5.39. The highest BCUT2D eigenvalue weighted by Crippen LogP contribution is 2.25. The molecule has 1 amide bonds. The van der Waals surface area contributed by atoms with Gasteiger partial charge in [0.25, 0.3) is 0 Å². The van der Waals surface area contributed by atoms with Crippen LogP contribution in [0.2, 0.25) is 0 Å². The van der Waals surface area contributed by atoms with E-state index >= 15 is 0 Å². The van der Waals surface area contributed by atoms with Crippen molar-refractivity contribution >= 4 is 33.5 Å². The molecule has 0 atom stereocenters. The molecule has 19 heavy (non-hydrogen) atoms. The topological polar surface area (TPSA) is 105 Å². The minimum atomic E-state index is 0.0172. The summed E-state index contributed by atoms with van der Waals surface area (Å²) >= 11 is 3.33. The van der Waals surface area contributed by atoms with Crippen LogP contribution in [0.5, 0.6) is 0 Å². The van der Waals surface area contributed by atoms with E-state index in [0.29, 0.717) is 41.5 Å². The minimum absolute atomic E-state index is 0.0172. The van der Waals surface area contributed by atoms with E-state index in [1.165, 1.54) is 6.33 Å². The SMILES string of the molecule is CC(C)CNC(=O)CCNc1ncnc(NN)c1Br. The highest BCUT2D eigenvalue weighted by atomic mass is 79.9. The Kier molecular flexibility index (Phi) is 6.51. The summed E-state index contributed by atoms with van der Waals surface area (Å²) in [6, 6.07) is 0. The zero-order valence-corrected chi connectivity index (χ0v) is 12.6. The van der Waals surface area contributed by atoms with E-state index in [9.17, 15) is 4.79 Å². The first-order valence-corrected chi connectivity index (χ1v) is 6.81. The van der Waals surface area contributed by atoms with Crippen LogP contribution in [0.1, 0.15) is 20.3 Å². The number of amides is 1. The smallest absolute Gasteiger partial charge is 0.221 e. The van der Waals surface area contributed by atoms with Gasteiger partial charge in [-0.1, -0.05) is 13.8 Å². The van der Waals surface area contributed by atoms with Gasteiger partial charge in [0, 0.05) is 19.5 Å². The van der Waals surface area contributed by atoms with Gasteiger partial charge in [-0.3, -0.25) is 4.79 Å². The Morgan fingerprint density at radius 2 is 2.11 bits per heavy atom. The minimum Gasteiger partial charge on any atom is -0.368 e. The summed E-state index contributed by atoms with van der Waals surface area (Å²) in [4.78, 5) is 19.5. The van der Waals surface area contributed by atoms with Crippen molar-refractivity contribution in [2.75, 3.05) is 23.8 Å². The summed E-state index contributed by atoms with van der Waals surface area (Å²) in [6.07, 6.45) is 1.77. The second-order valence-corrected chi connectivity index (χ2v) is 5.20. The summed E-state index contributed by atoms with van der Waals surface area (Å²) < 4.78 is 0.639. The Bertz CT molecular complexity index is 426. The molecule has 0 saturated heterocycles. The van der Waals surface area contributed by atoms with Crippen molar-refractivity contribution in [2.24, 2.45) is 11.8 Å². The number of nitrogen functional groups attached to an aromatic ring is 1. The summed E-state index contributed by atoms with van der Waals surface area (Å²) in [5.41, 5.74) is 2.45. The Morgan fingerprint density at radius 3 is 2.74 bits per heavy atom. The number of halogens is 1. The van der Waals surface area contributed by atoms with E-state index in [1.54, 1.807) is 0 Å². The largest absolute Gasteiger partial charge is 0.368 e. The van der Waals surface area contributed by atoms with Crippen LogP contribution in [-0.4, -0.2) is 29.0 Å². The molecule has 8 heteroatoms. The van der Waals surface area contributed by atoms with Gasteiger partial charge in [0.2, 0.25) is 5.91 Å². The molecule has 0 unspecified atom stereocenters. The van der Waals surface area contributed by atoms with Crippen LogP contribution < -0.4 is 21.9 Å². The molecule has 1 heterocycles. The molecule has 0 fully saturated rings. The van der Waals surface area contributed by atoms with E-state index in [0.717, 1.165) is 0 Å². The molecule has 0 aromatic carbocycles. The standard InChI is InChI=1S/C11H19BrN6O/c1-7(2)5-15-8(19)3-4-14-10-9(12)11(18-13)17-6-16-10/h6-7H,3-5,13H2,1-2H3,(H,15,19)(H2,14,16,17,18). The van der Waals surface area contributed by atoms with Crippen LogP contribution in [0.3, 0.4) is 0 Å². The maximum absolute atomic E-state index is 11.5. The number of aromatic nitrogens is 2. The lowest BCUT2D eigenvalue weighted by Gasteiger charge is -2.10. The molecule has 1 rings (SSSR count). The van der Waals surface area contributed by atoms with Crippen molar-refractivity contribution < 1.29 is 4.79 Å². The monoisotopic (exact) mass is 330 g/mol. The van der Waals surface area contributed by atoms with Gasteiger partial charge < -0.3 is 16.1 Å². The van der Waals surface area contributed by atoms with E-state index in [2.05, 4.69) is 55.8 Å². The Hall–Kier alpha value is -1.41. The molecule has 0 aliphatic carbocycles. The average Bonchev–Trinajstić information content (AvgIpc) is 2.38. The fraction of sp³-hybridized carbons (Fsp3) is 0.545. The molecule has 0 radical (unpaired) electrons. The number of anilines is 2. The number of nitrogens with one attached hydrogen (secondary N) is 3. The maximum Gasteiger partial charge on any atom is 0.221 e. The molecule has 0 saturated carbocycles. The number of carbonyl (C=O) groups excluding carboxylic acids is 1. The first kappa shape index (κ1) is 15.6. The van der Waals surface area contributed by atoms with Crippen molar-refractivity contribution in [1.82, 2.24) is 15.3 Å². The fourth-order valence-corrected chi connectivity index (χ4v) is 1.75. The van der Waals surface area contributed by atoms with Gasteiger partial charge >= 0.3 is 0 Å². The van der Waals surface area contributed by atoms with Gasteiger partial charge in [-0.05, 0) is 21.8 Å². The van der Waals surface area contributed by atoms with Gasteiger partial charge in [-0.15, -0.1) is 0 Å². The molecule has 0 aliphatic rings. The Labute approximate surface area is 120 Å². The molecule has 0 bridgehead atoms. The molecule has 1 aromatic heterocycles. The number of hydrazine groups is 1. The second-order valence-electron chi connectivity index (χ2n) is 4.40. The maximum atomic E-state index is 11.5. The predicted molar refractivity (Wildman–Crippen MR) is 78.5 cm³/mol. The zero-order chi connectivity index (χ0) is 14.3. The van der Waals surface area contributed by atoms with Crippen LogP contribution in [-0.2, 0) is 4.79 Å². The average molecular weight is 331 g/mol. The molecule has 1 aromatic rings. The fourth-order valence-electron chi connectivity index (χ4n) is 1.29. The van der Waals surface area contributed by atoms with Crippen molar-refractivity contribution in [1.29, 1.82) is 0 Å². The molecule has 106 valence electrons. The number of hydrogen-bond acceptors (Lipinski definition) is 6. The zero-order valence-electron chi connectivity index (χ0n) is 11.0. The second kappa shape index (κ2) is 7.90. The van der Waals surface area contributed by atoms with E-state index < -0.39 is 0 Å². The third-order valence-corrected chi connectivity index (χ3v) is 3.03. The normalized spacial score (nSPS) is 10.4. The number of hydrogen-bond donors (Lipinski definition) is 4. The number of carbonyl (C=O) groups is 1. The molecular weight excluding hydrogens is 312 g/mol.